The van der Waals surface area contributed by atoms with Gasteiger partial charge in [0.15, 0.2) is 0 Å². The number of alkyl halides is 3. The van der Waals surface area contributed by atoms with Gasteiger partial charge < -0.3 is 19.1 Å². The van der Waals surface area contributed by atoms with E-state index in [1.807, 2.05) is 0 Å². The van der Waals surface area contributed by atoms with Gasteiger partial charge in [0.1, 0.15) is 18.2 Å². The molecule has 0 unspecified atom stereocenters. The molecule has 0 N–H and O–H groups in total. The van der Waals surface area contributed by atoms with Crippen LogP contribution < -0.4 is 4.90 Å². The zero-order valence-corrected chi connectivity index (χ0v) is 14.1. The van der Waals surface area contributed by atoms with E-state index in [0.29, 0.717) is 0 Å². The highest BCUT2D eigenvalue weighted by molar-refractivity contribution is 6.03. The van der Waals surface area contributed by atoms with Crippen LogP contribution in [0.15, 0.2) is 23.4 Å². The number of anilines is 1. The van der Waals surface area contributed by atoms with E-state index in [1.165, 1.54) is 0 Å². The van der Waals surface area contributed by atoms with Gasteiger partial charge in [-0.25, -0.2) is 14.0 Å². The molecule has 1 aromatic carbocycles. The van der Waals surface area contributed by atoms with E-state index >= 15 is 0 Å². The summed E-state index contributed by atoms with van der Waals surface area (Å²) in [6.07, 6.45) is -4.91. The van der Waals surface area contributed by atoms with Crippen LogP contribution in [0.3, 0.4) is 0 Å². The van der Waals surface area contributed by atoms with Gasteiger partial charge in [-0.05, 0) is 24.6 Å². The normalized spacial score (nSPS) is 15.1. The topological polar surface area (TPSA) is 65.1 Å². The lowest BCUT2D eigenvalue weighted by Crippen LogP contribution is -2.39. The lowest BCUT2D eigenvalue weighted by Gasteiger charge is -2.33. The van der Waals surface area contributed by atoms with E-state index in [-0.39, 0.29) is 12.2 Å². The fourth-order valence-corrected chi connectivity index (χ4v) is 2.59. The Kier molecular flexibility index (Phi) is 5.55. The fourth-order valence-electron chi connectivity index (χ4n) is 2.59. The second-order valence-electron chi connectivity index (χ2n) is 5.28. The van der Waals surface area contributed by atoms with Gasteiger partial charge in [0.2, 0.25) is 0 Å². The van der Waals surface area contributed by atoms with Crippen LogP contribution in [0.2, 0.25) is 0 Å². The van der Waals surface area contributed by atoms with Crippen molar-refractivity contribution in [3.63, 3.8) is 0 Å². The number of rotatable bonds is 3. The third-order valence-corrected chi connectivity index (χ3v) is 3.78. The van der Waals surface area contributed by atoms with Crippen molar-refractivity contribution in [3.8, 4) is 0 Å². The standard InChI is InChI=1S/C16H15F4NO5/c1-8-10(17)4-5-11(12(8)16(18,19)20)21-7-26-6-9(14(22)24-2)13(21)15(23)25-3/h4-5H,6-7H2,1-3H3. The number of methoxy groups -OCH3 is 2. The molecule has 0 fully saturated rings. The Morgan fingerprint density at radius 1 is 1.15 bits per heavy atom. The SMILES string of the molecule is COC(=O)C1=C(C(=O)OC)N(c2ccc(F)c(C)c2C(F)(F)F)COC1. The number of hydrogen-bond acceptors (Lipinski definition) is 6. The van der Waals surface area contributed by atoms with Crippen molar-refractivity contribution >= 4 is 17.6 Å². The second kappa shape index (κ2) is 7.32. The molecule has 0 atom stereocenters. The van der Waals surface area contributed by atoms with E-state index in [2.05, 4.69) is 9.47 Å². The predicted molar refractivity (Wildman–Crippen MR) is 80.5 cm³/mol. The molecular weight excluding hydrogens is 362 g/mol. The molecule has 1 aliphatic heterocycles. The van der Waals surface area contributed by atoms with Crippen molar-refractivity contribution in [2.45, 2.75) is 13.1 Å². The molecule has 10 heteroatoms. The van der Waals surface area contributed by atoms with E-state index < -0.39 is 53.2 Å². The molecule has 142 valence electrons. The van der Waals surface area contributed by atoms with Crippen LogP contribution in [0.25, 0.3) is 0 Å². The molecule has 0 bridgehead atoms. The molecule has 6 nitrogen and oxygen atoms in total. The Labute approximate surface area is 145 Å². The van der Waals surface area contributed by atoms with Gasteiger partial charge in [-0.2, -0.15) is 13.2 Å². The number of esters is 2. The van der Waals surface area contributed by atoms with E-state index in [4.69, 9.17) is 4.74 Å². The highest BCUT2D eigenvalue weighted by Gasteiger charge is 2.41. The van der Waals surface area contributed by atoms with Gasteiger partial charge in [0, 0.05) is 0 Å². The molecule has 0 aliphatic carbocycles. The minimum Gasteiger partial charge on any atom is -0.466 e. The molecule has 1 heterocycles. The first-order chi connectivity index (χ1) is 12.1. The van der Waals surface area contributed by atoms with Crippen LogP contribution in [0.1, 0.15) is 11.1 Å². The molecule has 0 saturated carbocycles. The molecule has 0 aromatic heterocycles. The van der Waals surface area contributed by atoms with Crippen molar-refractivity contribution in [1.82, 2.24) is 0 Å². The maximum Gasteiger partial charge on any atom is 0.418 e. The second-order valence-corrected chi connectivity index (χ2v) is 5.28. The quantitative estimate of drug-likeness (QED) is 0.596. The summed E-state index contributed by atoms with van der Waals surface area (Å²) >= 11 is 0. The summed E-state index contributed by atoms with van der Waals surface area (Å²) in [5.74, 6) is -3.07. The number of benzene rings is 1. The third-order valence-electron chi connectivity index (χ3n) is 3.78. The number of hydrogen-bond donors (Lipinski definition) is 0. The summed E-state index contributed by atoms with van der Waals surface area (Å²) in [6, 6.07) is 1.69. The van der Waals surface area contributed by atoms with Crippen LogP contribution in [0.5, 0.6) is 0 Å². The monoisotopic (exact) mass is 377 g/mol. The lowest BCUT2D eigenvalue weighted by molar-refractivity contribution is -0.141. The van der Waals surface area contributed by atoms with Crippen molar-refractivity contribution in [2.75, 3.05) is 32.5 Å². The summed E-state index contributed by atoms with van der Waals surface area (Å²) in [4.78, 5) is 24.9. The van der Waals surface area contributed by atoms with Crippen molar-refractivity contribution in [2.24, 2.45) is 0 Å². The highest BCUT2D eigenvalue weighted by Crippen LogP contribution is 2.41. The first kappa shape index (κ1) is 19.7. The summed E-state index contributed by atoms with van der Waals surface area (Å²) < 4.78 is 68.5. The smallest absolute Gasteiger partial charge is 0.418 e. The van der Waals surface area contributed by atoms with Gasteiger partial charge in [-0.3, -0.25) is 0 Å². The largest absolute Gasteiger partial charge is 0.466 e. The van der Waals surface area contributed by atoms with E-state index in [9.17, 15) is 27.2 Å². The van der Waals surface area contributed by atoms with Crippen molar-refractivity contribution in [3.05, 3.63) is 40.3 Å². The van der Waals surface area contributed by atoms with Crippen LogP contribution in [0.4, 0.5) is 23.2 Å². The molecule has 0 spiro atoms. The summed E-state index contributed by atoms with van der Waals surface area (Å²) in [5.41, 5.74) is -3.24. The lowest BCUT2D eigenvalue weighted by atomic mass is 10.0. The van der Waals surface area contributed by atoms with Gasteiger partial charge in [-0.1, -0.05) is 0 Å². The molecular formula is C16H15F4NO5. The van der Waals surface area contributed by atoms with Crippen LogP contribution in [-0.2, 0) is 30.0 Å². The third kappa shape index (κ3) is 3.50. The van der Waals surface area contributed by atoms with Crippen LogP contribution in [0, 0.1) is 12.7 Å². The Balaban J connectivity index is 2.76. The van der Waals surface area contributed by atoms with Crippen molar-refractivity contribution in [1.29, 1.82) is 0 Å². The Morgan fingerprint density at radius 3 is 2.31 bits per heavy atom. The molecule has 0 radical (unpaired) electrons. The maximum absolute atomic E-state index is 13.7. The molecule has 1 aliphatic rings. The van der Waals surface area contributed by atoms with Crippen LogP contribution >= 0.6 is 0 Å². The highest BCUT2D eigenvalue weighted by atomic mass is 19.4. The summed E-state index contributed by atoms with van der Waals surface area (Å²) in [5, 5.41) is 0. The zero-order valence-electron chi connectivity index (χ0n) is 14.1. The summed E-state index contributed by atoms with van der Waals surface area (Å²) in [7, 11) is 2.06. The zero-order chi connectivity index (χ0) is 19.6. The van der Waals surface area contributed by atoms with Gasteiger partial charge >= 0.3 is 18.1 Å². The number of nitrogens with zero attached hydrogens (tertiary/aromatic N) is 1. The molecule has 2 rings (SSSR count). The van der Waals surface area contributed by atoms with E-state index in [1.54, 1.807) is 0 Å². The maximum atomic E-state index is 13.7. The Morgan fingerprint density at radius 2 is 1.77 bits per heavy atom. The van der Waals surface area contributed by atoms with Crippen molar-refractivity contribution < 1.29 is 41.4 Å². The minimum absolute atomic E-state index is 0.305. The first-order valence-corrected chi connectivity index (χ1v) is 7.24. The molecule has 0 amide bonds. The van der Waals surface area contributed by atoms with Gasteiger partial charge in [0.25, 0.3) is 0 Å². The Hall–Kier alpha value is -2.62. The predicted octanol–water partition coefficient (Wildman–Crippen LogP) is 2.55. The average molecular weight is 377 g/mol. The average Bonchev–Trinajstić information content (AvgIpc) is 2.60. The number of ether oxygens (including phenoxy) is 3. The minimum atomic E-state index is -4.91. The fraction of sp³-hybridized carbons (Fsp3) is 0.375. The first-order valence-electron chi connectivity index (χ1n) is 7.24. The van der Waals surface area contributed by atoms with Gasteiger partial charge in [-0.15, -0.1) is 0 Å². The number of carbonyl (C=O) groups excluding carboxylic acids is 2. The molecule has 0 saturated heterocycles. The summed E-state index contributed by atoms with van der Waals surface area (Å²) in [6.45, 7) is 0.142. The van der Waals surface area contributed by atoms with Gasteiger partial charge in [0.05, 0.1) is 37.7 Å². The van der Waals surface area contributed by atoms with E-state index in [0.717, 1.165) is 38.2 Å². The Bertz CT molecular complexity index is 773. The molecule has 1 aromatic rings. The number of halogens is 4. The van der Waals surface area contributed by atoms with Crippen LogP contribution in [-0.4, -0.2) is 39.5 Å². The molecule has 26 heavy (non-hydrogen) atoms. The number of carbonyl (C=O) groups is 2.